The second-order valence-electron chi connectivity index (χ2n) is 8.56. The van der Waals surface area contributed by atoms with Crippen molar-refractivity contribution in [1.82, 2.24) is 0 Å². The zero-order chi connectivity index (χ0) is 20.7. The van der Waals surface area contributed by atoms with Crippen LogP contribution in [0.2, 0.25) is 0 Å². The predicted molar refractivity (Wildman–Crippen MR) is 104 cm³/mol. The van der Waals surface area contributed by atoms with Gasteiger partial charge >= 0.3 is 17.9 Å². The summed E-state index contributed by atoms with van der Waals surface area (Å²) in [5.41, 5.74) is 1.53. The first kappa shape index (κ1) is 19.7. The number of carbonyl (C=O) groups is 3. The molecule has 2 saturated carbocycles. The molecule has 2 heterocycles. The fraction of sp³-hybridized carbons (Fsp3) is 0.522. The highest BCUT2D eigenvalue weighted by Gasteiger charge is 2.51. The molecule has 2 aliphatic heterocycles. The van der Waals surface area contributed by atoms with Crippen molar-refractivity contribution in [3.05, 3.63) is 47.5 Å². The third-order valence-corrected chi connectivity index (χ3v) is 6.33. The van der Waals surface area contributed by atoms with Gasteiger partial charge in [0.25, 0.3) is 0 Å². The van der Waals surface area contributed by atoms with Crippen molar-refractivity contribution in [3.8, 4) is 0 Å². The maximum atomic E-state index is 12.7. The molecule has 0 spiro atoms. The van der Waals surface area contributed by atoms with E-state index in [1.165, 1.54) is 0 Å². The summed E-state index contributed by atoms with van der Waals surface area (Å²) < 4.78 is 16.8. The van der Waals surface area contributed by atoms with Gasteiger partial charge in [-0.2, -0.15) is 0 Å². The zero-order valence-corrected chi connectivity index (χ0v) is 16.8. The lowest BCUT2D eigenvalue weighted by Crippen LogP contribution is -2.45. The summed E-state index contributed by atoms with van der Waals surface area (Å²) in [6.45, 7) is 6.93. The Morgan fingerprint density at radius 2 is 1.86 bits per heavy atom. The van der Waals surface area contributed by atoms with Crippen LogP contribution in [-0.2, 0) is 23.8 Å². The third kappa shape index (κ3) is 3.93. The lowest BCUT2D eigenvalue weighted by Gasteiger charge is -2.41. The van der Waals surface area contributed by atoms with E-state index in [2.05, 4.69) is 6.58 Å². The molecule has 154 valence electrons. The van der Waals surface area contributed by atoms with Crippen LogP contribution in [0, 0.1) is 17.8 Å². The van der Waals surface area contributed by atoms with Crippen molar-refractivity contribution >= 4 is 17.9 Å². The van der Waals surface area contributed by atoms with Gasteiger partial charge in [0, 0.05) is 11.5 Å². The molecule has 6 unspecified atom stereocenters. The highest BCUT2D eigenvalue weighted by molar-refractivity contribution is 5.90. The minimum atomic E-state index is -0.450. The van der Waals surface area contributed by atoms with Gasteiger partial charge in [-0.15, -0.1) is 0 Å². The summed E-state index contributed by atoms with van der Waals surface area (Å²) >= 11 is 0. The molecule has 6 nitrogen and oxygen atoms in total. The molecule has 1 aromatic carbocycles. The lowest BCUT2D eigenvalue weighted by molar-refractivity contribution is -0.156. The molecular weight excluding hydrogens is 372 g/mol. The maximum absolute atomic E-state index is 12.7. The Labute approximate surface area is 170 Å². The fourth-order valence-electron chi connectivity index (χ4n) is 4.85. The molecule has 0 N–H and O–H groups in total. The Bertz CT molecular complexity index is 841. The van der Waals surface area contributed by atoms with E-state index < -0.39 is 18.0 Å². The Morgan fingerprint density at radius 3 is 2.55 bits per heavy atom. The van der Waals surface area contributed by atoms with Gasteiger partial charge in [-0.3, -0.25) is 4.79 Å². The number of rotatable bonds is 5. The van der Waals surface area contributed by atoms with Crippen molar-refractivity contribution in [2.75, 3.05) is 0 Å². The molecule has 4 bridgehead atoms. The van der Waals surface area contributed by atoms with Crippen molar-refractivity contribution < 1.29 is 28.6 Å². The predicted octanol–water partition coefficient (Wildman–Crippen LogP) is 3.75. The topological polar surface area (TPSA) is 78.9 Å². The average Bonchev–Trinajstić information content (AvgIpc) is 2.85. The monoisotopic (exact) mass is 398 g/mol. The molecule has 2 aliphatic carbocycles. The van der Waals surface area contributed by atoms with Gasteiger partial charge in [0.15, 0.2) is 0 Å². The van der Waals surface area contributed by atoms with Crippen LogP contribution in [0.15, 0.2) is 36.4 Å². The first-order valence-corrected chi connectivity index (χ1v) is 10.2. The van der Waals surface area contributed by atoms with E-state index in [9.17, 15) is 14.4 Å². The molecular formula is C23H26O6. The largest absolute Gasteiger partial charge is 0.458 e. The molecule has 6 heteroatoms. The van der Waals surface area contributed by atoms with Crippen LogP contribution in [0.4, 0.5) is 0 Å². The van der Waals surface area contributed by atoms with Crippen molar-refractivity contribution in [2.45, 2.75) is 57.8 Å². The molecule has 1 aromatic rings. The van der Waals surface area contributed by atoms with Gasteiger partial charge in [0.2, 0.25) is 0 Å². The van der Waals surface area contributed by atoms with Crippen LogP contribution in [-0.4, -0.2) is 30.1 Å². The molecule has 4 aliphatic rings. The van der Waals surface area contributed by atoms with E-state index in [-0.39, 0.29) is 30.0 Å². The number of hydrogen-bond donors (Lipinski definition) is 0. The molecule has 29 heavy (non-hydrogen) atoms. The Balaban J connectivity index is 1.42. The Hall–Kier alpha value is -2.63. The minimum Gasteiger partial charge on any atom is -0.458 e. The van der Waals surface area contributed by atoms with E-state index in [4.69, 9.17) is 14.2 Å². The molecule has 2 saturated heterocycles. The number of hydrogen-bond acceptors (Lipinski definition) is 6. The van der Waals surface area contributed by atoms with E-state index in [1.807, 2.05) is 0 Å². The molecule has 4 fully saturated rings. The summed E-state index contributed by atoms with van der Waals surface area (Å²) in [5, 5.41) is 0. The van der Waals surface area contributed by atoms with Crippen LogP contribution in [0.3, 0.4) is 0 Å². The van der Waals surface area contributed by atoms with Crippen molar-refractivity contribution in [3.63, 3.8) is 0 Å². The number of ether oxygens (including phenoxy) is 3. The summed E-state index contributed by atoms with van der Waals surface area (Å²) in [5.74, 6) is -0.370. The number of fused-ring (bicyclic) bond motifs is 1. The smallest absolute Gasteiger partial charge is 0.338 e. The van der Waals surface area contributed by atoms with Gasteiger partial charge in [0.05, 0.1) is 11.5 Å². The standard InChI is InChI=1S/C23H26O6/c1-12(2)21(24)27-13(3)15-4-6-16(7-5-15)22(25)29-20-17-8-14-9-18(11-17)23(26)28-19(20)10-14/h4-7,13-14,17-20H,1,8-11H2,2-3H3. The second-order valence-corrected chi connectivity index (χ2v) is 8.56. The van der Waals surface area contributed by atoms with E-state index in [0.717, 1.165) is 31.2 Å². The Morgan fingerprint density at radius 1 is 1.14 bits per heavy atom. The number of benzene rings is 1. The number of carbonyl (C=O) groups excluding carboxylic acids is 3. The SMILES string of the molecule is C=C(C)C(=O)OC(C)c1ccc(C(=O)OC2C3CC4CC(C3)C(=O)OC2C4)cc1. The van der Waals surface area contributed by atoms with Gasteiger partial charge in [0.1, 0.15) is 18.3 Å². The van der Waals surface area contributed by atoms with Crippen LogP contribution in [0.25, 0.3) is 0 Å². The van der Waals surface area contributed by atoms with Gasteiger partial charge < -0.3 is 14.2 Å². The number of esters is 3. The van der Waals surface area contributed by atoms with Gasteiger partial charge in [-0.25, -0.2) is 9.59 Å². The molecule has 0 radical (unpaired) electrons. The second kappa shape index (κ2) is 7.65. The van der Waals surface area contributed by atoms with Crippen molar-refractivity contribution in [1.29, 1.82) is 0 Å². The van der Waals surface area contributed by atoms with Gasteiger partial charge in [-0.1, -0.05) is 18.7 Å². The molecule has 6 atom stereocenters. The lowest BCUT2D eigenvalue weighted by atomic mass is 9.67. The van der Waals surface area contributed by atoms with Crippen LogP contribution < -0.4 is 0 Å². The third-order valence-electron chi connectivity index (χ3n) is 6.33. The summed E-state index contributed by atoms with van der Waals surface area (Å²) in [6.07, 6.45) is 2.27. The first-order chi connectivity index (χ1) is 13.8. The average molecular weight is 398 g/mol. The van der Waals surface area contributed by atoms with Gasteiger partial charge in [-0.05, 0) is 63.1 Å². The zero-order valence-electron chi connectivity index (χ0n) is 16.8. The van der Waals surface area contributed by atoms with E-state index in [1.54, 1.807) is 38.1 Å². The molecule has 0 aromatic heterocycles. The van der Waals surface area contributed by atoms with Crippen LogP contribution in [0.1, 0.15) is 61.6 Å². The highest BCUT2D eigenvalue weighted by Crippen LogP contribution is 2.48. The first-order valence-electron chi connectivity index (χ1n) is 10.2. The van der Waals surface area contributed by atoms with E-state index >= 15 is 0 Å². The van der Waals surface area contributed by atoms with Crippen LogP contribution in [0.5, 0.6) is 0 Å². The quantitative estimate of drug-likeness (QED) is 0.427. The summed E-state index contributed by atoms with van der Waals surface area (Å²) in [4.78, 5) is 36.6. The fourth-order valence-corrected chi connectivity index (χ4v) is 4.85. The molecule has 5 rings (SSSR count). The Kier molecular flexibility index (Phi) is 5.19. The minimum absolute atomic E-state index is 0.0462. The van der Waals surface area contributed by atoms with Crippen LogP contribution >= 0.6 is 0 Å². The van der Waals surface area contributed by atoms with E-state index in [0.29, 0.717) is 17.1 Å². The summed E-state index contributed by atoms with van der Waals surface area (Å²) in [6, 6.07) is 6.82. The van der Waals surface area contributed by atoms with Crippen molar-refractivity contribution in [2.24, 2.45) is 17.8 Å². The summed E-state index contributed by atoms with van der Waals surface area (Å²) in [7, 11) is 0. The maximum Gasteiger partial charge on any atom is 0.338 e. The molecule has 0 amide bonds. The normalized spacial score (nSPS) is 30.8. The highest BCUT2D eigenvalue weighted by atomic mass is 16.6.